The fourth-order valence-electron chi connectivity index (χ4n) is 13.8. The second-order valence-electron chi connectivity index (χ2n) is 29.9. The maximum Gasteiger partial charge on any atom is 0.305 e. The second-order valence-corrected chi connectivity index (χ2v) is 29.9. The van der Waals surface area contributed by atoms with Crippen molar-refractivity contribution >= 4 is 11.9 Å². The van der Waals surface area contributed by atoms with Crippen LogP contribution >= 0.6 is 0 Å². The van der Waals surface area contributed by atoms with Crippen molar-refractivity contribution in [2.75, 3.05) is 13.2 Å². The van der Waals surface area contributed by atoms with Crippen LogP contribution in [0.3, 0.4) is 0 Å². The van der Waals surface area contributed by atoms with Crippen molar-refractivity contribution in [2.45, 2.75) is 501 Å². The molecule has 0 bridgehead atoms. The molecule has 0 spiro atoms. The lowest BCUT2D eigenvalue weighted by atomic mass is 10.0. The Kier molecular flexibility index (Phi) is 81.8. The van der Waals surface area contributed by atoms with Crippen LogP contribution in [0.25, 0.3) is 0 Å². The van der Waals surface area contributed by atoms with Crippen molar-refractivity contribution in [3.8, 4) is 0 Å². The van der Waals surface area contributed by atoms with Crippen LogP contribution in [0, 0.1) is 0 Å². The summed E-state index contributed by atoms with van der Waals surface area (Å²) in [5, 5.41) is 23.5. The van der Waals surface area contributed by atoms with Gasteiger partial charge in [0, 0.05) is 12.8 Å². The fourth-order valence-corrected chi connectivity index (χ4v) is 13.8. The van der Waals surface area contributed by atoms with E-state index in [-0.39, 0.29) is 18.5 Å². The molecule has 0 heterocycles. The molecule has 94 heavy (non-hydrogen) atoms. The number of unbranched alkanes of at least 4 members (excludes halogenated alkanes) is 65. The summed E-state index contributed by atoms with van der Waals surface area (Å²) in [7, 11) is 0. The molecule has 556 valence electrons. The summed E-state index contributed by atoms with van der Waals surface area (Å²) in [6, 6.07) is -0.540. The Hall–Kier alpha value is -1.92. The van der Waals surface area contributed by atoms with E-state index in [0.29, 0.717) is 25.9 Å². The van der Waals surface area contributed by atoms with Gasteiger partial charge >= 0.3 is 5.97 Å². The molecule has 6 heteroatoms. The number of aliphatic hydroxyl groups excluding tert-OH is 2. The molecule has 0 aromatic rings. The highest BCUT2D eigenvalue weighted by Crippen LogP contribution is 2.21. The number of esters is 1. The number of hydrogen-bond acceptors (Lipinski definition) is 5. The predicted octanol–water partition coefficient (Wildman–Crippen LogP) is 28.9. The normalized spacial score (nSPS) is 12.6. The molecule has 0 aromatic carbocycles. The summed E-state index contributed by atoms with van der Waals surface area (Å²) in [4.78, 5) is 24.7. The molecular formula is C88H169NO5. The average molecular weight is 1320 g/mol. The van der Waals surface area contributed by atoms with Gasteiger partial charge in [-0.1, -0.05) is 429 Å². The molecule has 0 rings (SSSR count). The van der Waals surface area contributed by atoms with Crippen LogP contribution < -0.4 is 5.32 Å². The van der Waals surface area contributed by atoms with Crippen LogP contribution in [-0.2, 0) is 14.3 Å². The van der Waals surface area contributed by atoms with E-state index in [1.807, 2.05) is 0 Å². The molecule has 0 saturated carbocycles. The first-order valence-corrected chi connectivity index (χ1v) is 43.2. The number of ether oxygens (including phenoxy) is 1. The minimum Gasteiger partial charge on any atom is -0.466 e. The topological polar surface area (TPSA) is 95.9 Å². The van der Waals surface area contributed by atoms with Crippen molar-refractivity contribution in [1.29, 1.82) is 0 Å². The number of nitrogens with one attached hydrogen (secondary N) is 1. The van der Waals surface area contributed by atoms with Gasteiger partial charge in [0.1, 0.15) is 0 Å². The zero-order valence-electron chi connectivity index (χ0n) is 64.0. The van der Waals surface area contributed by atoms with E-state index < -0.39 is 12.1 Å². The van der Waals surface area contributed by atoms with Crippen LogP contribution in [0.1, 0.15) is 489 Å². The third-order valence-electron chi connectivity index (χ3n) is 20.4. The highest BCUT2D eigenvalue weighted by Gasteiger charge is 2.20. The second kappa shape index (κ2) is 83.5. The monoisotopic (exact) mass is 1320 g/mol. The zero-order valence-corrected chi connectivity index (χ0v) is 64.0. The Morgan fingerprint density at radius 1 is 0.298 bits per heavy atom. The van der Waals surface area contributed by atoms with Gasteiger partial charge in [-0.2, -0.15) is 0 Å². The van der Waals surface area contributed by atoms with Crippen molar-refractivity contribution in [3.63, 3.8) is 0 Å². The van der Waals surface area contributed by atoms with Gasteiger partial charge < -0.3 is 20.3 Å². The van der Waals surface area contributed by atoms with Gasteiger partial charge in [-0.25, -0.2) is 0 Å². The number of hydrogen-bond donors (Lipinski definition) is 3. The Bertz CT molecular complexity index is 1520. The number of carbonyl (C=O) groups excluding carboxylic acids is 2. The maximum absolute atomic E-state index is 12.6. The summed E-state index contributed by atoms with van der Waals surface area (Å²) in [5.41, 5.74) is 0. The van der Waals surface area contributed by atoms with Gasteiger partial charge in [0.2, 0.25) is 5.91 Å². The van der Waals surface area contributed by atoms with E-state index >= 15 is 0 Å². The van der Waals surface area contributed by atoms with Gasteiger partial charge in [-0.15, -0.1) is 0 Å². The van der Waals surface area contributed by atoms with Gasteiger partial charge in [-0.05, 0) is 83.5 Å². The molecule has 2 unspecified atom stereocenters. The number of rotatable bonds is 82. The highest BCUT2D eigenvalue weighted by molar-refractivity contribution is 5.76. The summed E-state index contributed by atoms with van der Waals surface area (Å²) in [6.45, 7) is 4.98. The Balaban J connectivity index is 3.34. The van der Waals surface area contributed by atoms with Gasteiger partial charge in [0.05, 0.1) is 25.4 Å². The van der Waals surface area contributed by atoms with Crippen molar-refractivity contribution < 1.29 is 24.5 Å². The van der Waals surface area contributed by atoms with E-state index in [2.05, 4.69) is 55.6 Å². The number of amides is 1. The van der Waals surface area contributed by atoms with Crippen LogP contribution in [0.4, 0.5) is 0 Å². The largest absolute Gasteiger partial charge is 0.466 e. The fraction of sp³-hybridized carbons (Fsp3) is 0.909. The molecule has 6 nitrogen and oxygen atoms in total. The third kappa shape index (κ3) is 79.1. The Labute approximate surface area is 589 Å². The minimum absolute atomic E-state index is 0.0174. The predicted molar refractivity (Wildman–Crippen MR) is 416 cm³/mol. The lowest BCUT2D eigenvalue weighted by Crippen LogP contribution is -2.45. The van der Waals surface area contributed by atoms with E-state index in [9.17, 15) is 19.8 Å². The molecule has 1 amide bonds. The molecule has 0 aliphatic heterocycles. The number of aliphatic hydroxyl groups is 2. The maximum atomic E-state index is 12.6. The van der Waals surface area contributed by atoms with Gasteiger partial charge in [0.25, 0.3) is 0 Å². The lowest BCUT2D eigenvalue weighted by molar-refractivity contribution is -0.143. The summed E-state index contributed by atoms with van der Waals surface area (Å²) < 4.78 is 5.52. The molecule has 0 fully saturated rings. The zero-order chi connectivity index (χ0) is 67.7. The quantitative estimate of drug-likeness (QED) is 0.0320. The molecule has 0 aliphatic carbocycles. The van der Waals surface area contributed by atoms with Gasteiger partial charge in [-0.3, -0.25) is 9.59 Å². The summed E-state index contributed by atoms with van der Waals surface area (Å²) in [5.74, 6) is -0.00811. The molecule has 3 N–H and O–H groups in total. The van der Waals surface area contributed by atoms with Crippen molar-refractivity contribution in [1.82, 2.24) is 5.32 Å². The third-order valence-corrected chi connectivity index (χ3v) is 20.4. The van der Waals surface area contributed by atoms with Crippen molar-refractivity contribution in [2.24, 2.45) is 0 Å². The van der Waals surface area contributed by atoms with E-state index in [4.69, 9.17) is 4.74 Å². The van der Waals surface area contributed by atoms with E-state index in [1.54, 1.807) is 0 Å². The molecule has 0 aromatic heterocycles. The van der Waals surface area contributed by atoms with Gasteiger partial charge in [0.15, 0.2) is 0 Å². The molecule has 0 aliphatic rings. The first kappa shape index (κ1) is 92.1. The molecule has 0 radical (unpaired) electrons. The lowest BCUT2D eigenvalue weighted by Gasteiger charge is -2.22. The molecule has 2 atom stereocenters. The van der Waals surface area contributed by atoms with E-state index in [1.165, 1.54) is 405 Å². The highest BCUT2D eigenvalue weighted by atomic mass is 16.5. The van der Waals surface area contributed by atoms with E-state index in [0.717, 1.165) is 51.4 Å². The number of carbonyl (C=O) groups is 2. The summed E-state index contributed by atoms with van der Waals surface area (Å²) in [6.07, 6.45) is 110. The SMILES string of the molecule is CCCCC/C=C\C/C=C\CCCCCCCCCCCC(=O)OCCCCCCCCCCCCCCCC/C=C\CCCCCCCCCCCCCCCCCCCC(=O)NC(CO)C(O)CCCCCCCCCCCCCCCCCCCCCCCCC. The Morgan fingerprint density at radius 3 is 0.840 bits per heavy atom. The number of allylic oxidation sites excluding steroid dienone is 6. The average Bonchev–Trinajstić information content (AvgIpc) is 3.61. The minimum atomic E-state index is -0.663. The van der Waals surface area contributed by atoms with Crippen molar-refractivity contribution in [3.05, 3.63) is 36.5 Å². The van der Waals surface area contributed by atoms with Crippen LogP contribution in [-0.4, -0.2) is 47.4 Å². The van der Waals surface area contributed by atoms with Crippen LogP contribution in [0.5, 0.6) is 0 Å². The Morgan fingerprint density at radius 2 is 0.532 bits per heavy atom. The smallest absolute Gasteiger partial charge is 0.305 e. The van der Waals surface area contributed by atoms with Crippen LogP contribution in [0.2, 0.25) is 0 Å². The first-order chi connectivity index (χ1) is 46.5. The molecule has 0 saturated heterocycles. The van der Waals surface area contributed by atoms with Crippen LogP contribution in [0.15, 0.2) is 36.5 Å². The standard InChI is InChI=1S/C88H169NO5/c1-3-5-7-9-11-13-15-17-19-21-23-24-38-41-45-48-52-56-60-64-68-72-76-80-86(91)85(84-90)89-87(92)81-77-73-69-65-61-57-53-49-46-42-39-36-34-32-30-28-26-25-27-29-31-33-35-37-40-43-47-51-55-59-63-67-71-75-79-83-94-88(93)82-78-74-70-66-62-58-54-50-44-22-20-18-16-14-12-10-8-6-4-2/h12,14,18,20,27,29,85-86,90-91H,3-11,13,15-17,19,21-26,28,30-84H2,1-2H3,(H,89,92)/b14-12-,20-18-,29-27-. The molecular weight excluding hydrogens is 1150 g/mol. The summed E-state index contributed by atoms with van der Waals surface area (Å²) >= 11 is 0. The first-order valence-electron chi connectivity index (χ1n) is 43.2.